The van der Waals surface area contributed by atoms with Gasteiger partial charge in [-0.05, 0) is 69.0 Å². The van der Waals surface area contributed by atoms with E-state index in [1.807, 2.05) is 6.08 Å². The van der Waals surface area contributed by atoms with Crippen LogP contribution in [0.4, 0.5) is 13.2 Å². The Morgan fingerprint density at radius 3 is 2.57 bits per heavy atom. The maximum atomic E-state index is 15.5. The second-order valence-electron chi connectivity index (χ2n) is 15.8. The van der Waals surface area contributed by atoms with Crippen molar-refractivity contribution in [2.75, 3.05) is 6.54 Å². The number of nitrogens with zero attached hydrogens (tertiary/aromatic N) is 4. The molecule has 2 aliphatic heterocycles. The number of alkyl halides is 2. The van der Waals surface area contributed by atoms with Gasteiger partial charge in [0.15, 0.2) is 0 Å². The Morgan fingerprint density at radius 1 is 1.03 bits per heavy atom. The van der Waals surface area contributed by atoms with Crippen LogP contribution in [0.25, 0.3) is 21.7 Å². The highest BCUT2D eigenvalue weighted by Crippen LogP contribution is 2.47. The fraction of sp³-hybridized carbons (Fsp3) is 0.450. The third kappa shape index (κ3) is 7.37. The Bertz CT molecular complexity index is 2460. The third-order valence-electron chi connectivity index (χ3n) is 11.7. The molecule has 2 saturated carbocycles. The fourth-order valence-corrected chi connectivity index (χ4v) is 9.23. The van der Waals surface area contributed by atoms with Gasteiger partial charge in [0.2, 0.25) is 27.7 Å². The average molecular weight is 822 g/mol. The molecule has 4 amide bonds. The van der Waals surface area contributed by atoms with Gasteiger partial charge in [0, 0.05) is 23.9 Å². The quantitative estimate of drug-likeness (QED) is 0.168. The number of allylic oxidation sites excluding steroid dienone is 1. The summed E-state index contributed by atoms with van der Waals surface area (Å²) in [6.07, 6.45) is 6.92. The van der Waals surface area contributed by atoms with Gasteiger partial charge in [-0.25, -0.2) is 22.5 Å². The Morgan fingerprint density at radius 2 is 1.81 bits per heavy atom. The molecule has 14 nitrogen and oxygen atoms in total. The molecule has 4 heterocycles. The molecule has 2 aromatic carbocycles. The van der Waals surface area contributed by atoms with Crippen LogP contribution in [0.1, 0.15) is 81.7 Å². The van der Waals surface area contributed by atoms with Crippen LogP contribution in [0.5, 0.6) is 5.88 Å². The van der Waals surface area contributed by atoms with Crippen molar-refractivity contribution in [3.8, 4) is 5.88 Å². The number of sulfonamides is 1. The standard InChI is InChI=1S/C40H42F3N7O7S/c1-39(17-18-39)58(55,56)48-37(54)40-21-23(40)10-5-3-2-4-6-15-30(44-33(51)29-16-19-50(47-29)38(42)43)36(53)49-22-24(20-31(49)34(52)46-40)57-35-32-26(12-9-13-27(32)41)25-11-7-8-14-28(25)45-35/h5,7-14,16,19,23-24,30-31,38H,2-4,6,15,17-18,20-22H2,1H3,(H,44,51)(H,46,52)(H,48,54)/b10-5-/t23-,24-,30+,31+,40-/m1/s1. The molecule has 5 atom stereocenters. The molecule has 18 heteroatoms. The Labute approximate surface area is 331 Å². The van der Waals surface area contributed by atoms with Crippen LogP contribution >= 0.6 is 0 Å². The number of para-hydroxylation sites is 1. The molecule has 0 bridgehead atoms. The number of pyridine rings is 1. The molecular formula is C40H42F3N7O7S. The number of carbonyl (C=O) groups excluding carboxylic acids is 4. The minimum absolute atomic E-state index is 0.0612. The summed E-state index contributed by atoms with van der Waals surface area (Å²) in [6, 6.07) is 10.3. The molecule has 2 aromatic heterocycles. The Balaban J connectivity index is 1.13. The number of aromatic nitrogens is 3. The van der Waals surface area contributed by atoms with Gasteiger partial charge in [-0.3, -0.25) is 23.9 Å². The van der Waals surface area contributed by atoms with Crippen molar-refractivity contribution in [2.45, 2.75) is 99.7 Å². The van der Waals surface area contributed by atoms with E-state index in [0.29, 0.717) is 59.5 Å². The first-order chi connectivity index (χ1) is 27.7. The number of rotatable bonds is 8. The number of ether oxygens (including phenoxy) is 1. The second-order valence-corrected chi connectivity index (χ2v) is 18.0. The first-order valence-corrected chi connectivity index (χ1v) is 20.8. The first-order valence-electron chi connectivity index (χ1n) is 19.3. The molecule has 0 spiro atoms. The molecule has 4 aliphatic rings. The smallest absolute Gasteiger partial charge is 0.333 e. The maximum absolute atomic E-state index is 15.5. The lowest BCUT2D eigenvalue weighted by atomic mass is 10.0. The minimum atomic E-state index is -4.07. The topological polar surface area (TPSA) is 182 Å². The predicted molar refractivity (Wildman–Crippen MR) is 204 cm³/mol. The maximum Gasteiger partial charge on any atom is 0.333 e. The van der Waals surface area contributed by atoms with Crippen LogP contribution in [0, 0.1) is 11.7 Å². The molecule has 8 rings (SSSR count). The van der Waals surface area contributed by atoms with E-state index in [2.05, 4.69) is 25.4 Å². The Hall–Kier alpha value is -5.52. The van der Waals surface area contributed by atoms with E-state index in [4.69, 9.17) is 4.74 Å². The van der Waals surface area contributed by atoms with Crippen molar-refractivity contribution in [1.82, 2.24) is 35.0 Å². The van der Waals surface area contributed by atoms with Crippen molar-refractivity contribution in [2.24, 2.45) is 5.92 Å². The third-order valence-corrected chi connectivity index (χ3v) is 13.9. The van der Waals surface area contributed by atoms with Crippen LogP contribution in [-0.4, -0.2) is 86.7 Å². The van der Waals surface area contributed by atoms with Crippen molar-refractivity contribution in [3.05, 3.63) is 78.4 Å². The molecule has 0 unspecified atom stereocenters. The number of benzene rings is 2. The highest BCUT2D eigenvalue weighted by Gasteiger charge is 2.63. The highest BCUT2D eigenvalue weighted by molar-refractivity contribution is 7.91. The highest BCUT2D eigenvalue weighted by atomic mass is 32.2. The van der Waals surface area contributed by atoms with Crippen molar-refractivity contribution in [3.63, 3.8) is 0 Å². The normalized spacial score (nSPS) is 26.5. The van der Waals surface area contributed by atoms with Gasteiger partial charge in [-0.15, -0.1) is 0 Å². The Kier molecular flexibility index (Phi) is 10.2. The van der Waals surface area contributed by atoms with Crippen molar-refractivity contribution in [1.29, 1.82) is 0 Å². The molecular weight excluding hydrogens is 780 g/mol. The summed E-state index contributed by atoms with van der Waals surface area (Å²) >= 11 is 0. The average Bonchev–Trinajstić information content (AvgIpc) is 3.96. The van der Waals surface area contributed by atoms with Gasteiger partial charge in [0.1, 0.15) is 35.2 Å². The number of amides is 4. The van der Waals surface area contributed by atoms with Gasteiger partial charge in [-0.1, -0.05) is 55.3 Å². The van der Waals surface area contributed by atoms with Crippen molar-refractivity contribution < 1.29 is 45.5 Å². The molecule has 58 heavy (non-hydrogen) atoms. The van der Waals surface area contributed by atoms with Crippen LogP contribution in [0.15, 0.2) is 66.9 Å². The van der Waals surface area contributed by atoms with E-state index in [9.17, 15) is 36.4 Å². The summed E-state index contributed by atoms with van der Waals surface area (Å²) in [7, 11) is -4.07. The fourth-order valence-electron chi connectivity index (χ4n) is 7.92. The number of fused-ring (bicyclic) bond motifs is 5. The van der Waals surface area contributed by atoms with Crippen LogP contribution in [-0.2, 0) is 24.4 Å². The summed E-state index contributed by atoms with van der Waals surface area (Å²) < 4.78 is 76.3. The molecule has 306 valence electrons. The van der Waals surface area contributed by atoms with Crippen LogP contribution in [0.2, 0.25) is 0 Å². The molecule has 2 aliphatic carbocycles. The summed E-state index contributed by atoms with van der Waals surface area (Å²) in [5.41, 5.74) is -1.45. The van der Waals surface area contributed by atoms with Gasteiger partial charge < -0.3 is 20.3 Å². The number of hydrogen-bond donors (Lipinski definition) is 3. The number of halogens is 3. The van der Waals surface area contributed by atoms with E-state index < -0.39 is 80.4 Å². The van der Waals surface area contributed by atoms with Gasteiger partial charge >= 0.3 is 6.55 Å². The van der Waals surface area contributed by atoms with E-state index in [1.165, 1.54) is 11.0 Å². The van der Waals surface area contributed by atoms with E-state index >= 15 is 4.39 Å². The first kappa shape index (κ1) is 39.3. The minimum Gasteiger partial charge on any atom is -0.472 e. The number of carbonyl (C=O) groups is 4. The zero-order valence-electron chi connectivity index (χ0n) is 31.5. The lowest BCUT2D eigenvalue weighted by Crippen LogP contribution is -2.58. The molecule has 3 N–H and O–H groups in total. The number of nitrogens with one attached hydrogen (secondary N) is 3. The second kappa shape index (κ2) is 15.0. The van der Waals surface area contributed by atoms with E-state index in [-0.39, 0.29) is 42.8 Å². The summed E-state index contributed by atoms with van der Waals surface area (Å²) in [5.74, 6) is -4.40. The summed E-state index contributed by atoms with van der Waals surface area (Å²) in [6.45, 7) is -1.67. The lowest BCUT2D eigenvalue weighted by Gasteiger charge is -2.30. The van der Waals surface area contributed by atoms with E-state index in [1.54, 1.807) is 49.4 Å². The molecule has 4 aromatic rings. The van der Waals surface area contributed by atoms with Crippen LogP contribution < -0.4 is 20.1 Å². The SMILES string of the molecule is CC1(S(=O)(=O)NC(=O)[C@@]23C[C@H]2/C=C\CCCCC[C@H](NC(=O)c2ccn(C(F)F)n2)C(=O)N2C[C@H](Oc4nc5ccccc5c5cccc(F)c45)C[C@H]2C(=O)N3)CC1. The summed E-state index contributed by atoms with van der Waals surface area (Å²) in [5, 5.41) is 10.4. The zero-order chi connectivity index (χ0) is 41.0. The molecule has 3 fully saturated rings. The monoisotopic (exact) mass is 821 g/mol. The van der Waals surface area contributed by atoms with Crippen molar-refractivity contribution >= 4 is 55.3 Å². The largest absolute Gasteiger partial charge is 0.472 e. The lowest BCUT2D eigenvalue weighted by molar-refractivity contribution is -0.141. The summed E-state index contributed by atoms with van der Waals surface area (Å²) in [4.78, 5) is 62.2. The number of hydrogen-bond acceptors (Lipinski definition) is 9. The van der Waals surface area contributed by atoms with E-state index in [0.717, 1.165) is 12.3 Å². The zero-order valence-corrected chi connectivity index (χ0v) is 32.3. The van der Waals surface area contributed by atoms with Gasteiger partial charge in [-0.2, -0.15) is 13.9 Å². The molecule has 0 radical (unpaired) electrons. The van der Waals surface area contributed by atoms with Crippen LogP contribution in [0.3, 0.4) is 0 Å². The predicted octanol–water partition coefficient (Wildman–Crippen LogP) is 4.66. The van der Waals surface area contributed by atoms with Gasteiger partial charge in [0.05, 0.1) is 22.2 Å². The molecule has 1 saturated heterocycles. The van der Waals surface area contributed by atoms with Gasteiger partial charge in [0.25, 0.3) is 11.8 Å².